The second kappa shape index (κ2) is 7.57. The Morgan fingerprint density at radius 1 is 1.06 bits per heavy atom. The molecule has 17 heavy (non-hydrogen) atoms. The molecule has 1 saturated carbocycles. The van der Waals surface area contributed by atoms with Crippen LogP contribution < -0.4 is 22.9 Å². The molecule has 0 bridgehead atoms. The standard InChI is InChI=1S/C14H21NO.ClH/c15-10-11-16-14-8-6-13(7-9-14)12-4-2-1-3-5-12;/h6-9,12H,1-5,10-11,15H2;1H/p-1. The molecular formula is C14H21ClNO-. The average molecular weight is 255 g/mol. The summed E-state index contributed by atoms with van der Waals surface area (Å²) in [7, 11) is 0. The molecule has 1 aliphatic carbocycles. The van der Waals surface area contributed by atoms with Crippen molar-refractivity contribution in [2.75, 3.05) is 13.2 Å². The van der Waals surface area contributed by atoms with Gasteiger partial charge in [-0.2, -0.15) is 0 Å². The summed E-state index contributed by atoms with van der Waals surface area (Å²) in [6.07, 6.45) is 6.88. The lowest BCUT2D eigenvalue weighted by atomic mass is 9.84. The van der Waals surface area contributed by atoms with E-state index >= 15 is 0 Å². The molecule has 0 spiro atoms. The van der Waals surface area contributed by atoms with Crippen LogP contribution in [0.2, 0.25) is 0 Å². The molecule has 0 atom stereocenters. The van der Waals surface area contributed by atoms with Crippen molar-refractivity contribution in [2.45, 2.75) is 38.0 Å². The van der Waals surface area contributed by atoms with Crippen LogP contribution >= 0.6 is 0 Å². The van der Waals surface area contributed by atoms with Gasteiger partial charge in [-0.15, -0.1) is 0 Å². The number of halogens is 1. The van der Waals surface area contributed by atoms with Crippen LogP contribution in [0.1, 0.15) is 43.6 Å². The summed E-state index contributed by atoms with van der Waals surface area (Å²) in [5.41, 5.74) is 6.87. The van der Waals surface area contributed by atoms with E-state index in [2.05, 4.69) is 24.3 Å². The molecule has 1 aromatic carbocycles. The van der Waals surface area contributed by atoms with Crippen LogP contribution in [0, 0.1) is 0 Å². The highest BCUT2D eigenvalue weighted by atomic mass is 35.5. The van der Waals surface area contributed by atoms with Gasteiger partial charge in [0.15, 0.2) is 0 Å². The van der Waals surface area contributed by atoms with Gasteiger partial charge in [-0.05, 0) is 36.5 Å². The minimum absolute atomic E-state index is 0. The predicted octanol–water partition coefficient (Wildman–Crippen LogP) is 0.0758. The van der Waals surface area contributed by atoms with Gasteiger partial charge in [0.1, 0.15) is 12.4 Å². The molecule has 0 amide bonds. The van der Waals surface area contributed by atoms with E-state index in [1.807, 2.05) is 0 Å². The van der Waals surface area contributed by atoms with Crippen molar-refractivity contribution < 1.29 is 17.1 Å². The van der Waals surface area contributed by atoms with Crippen LogP contribution in [-0.2, 0) is 0 Å². The molecule has 0 saturated heterocycles. The second-order valence-electron chi connectivity index (χ2n) is 4.54. The van der Waals surface area contributed by atoms with Gasteiger partial charge in [0, 0.05) is 6.54 Å². The van der Waals surface area contributed by atoms with Crippen molar-refractivity contribution >= 4 is 0 Å². The van der Waals surface area contributed by atoms with Crippen LogP contribution in [-0.4, -0.2) is 13.2 Å². The molecule has 0 unspecified atom stereocenters. The number of ether oxygens (including phenoxy) is 1. The monoisotopic (exact) mass is 254 g/mol. The first kappa shape index (κ1) is 14.3. The van der Waals surface area contributed by atoms with Crippen molar-refractivity contribution in [1.82, 2.24) is 0 Å². The van der Waals surface area contributed by atoms with Crippen molar-refractivity contribution in [3.63, 3.8) is 0 Å². The molecule has 2 nitrogen and oxygen atoms in total. The molecule has 1 aromatic rings. The zero-order valence-corrected chi connectivity index (χ0v) is 11.0. The van der Waals surface area contributed by atoms with E-state index in [4.69, 9.17) is 10.5 Å². The fraction of sp³-hybridized carbons (Fsp3) is 0.571. The predicted molar refractivity (Wildman–Crippen MR) is 66.8 cm³/mol. The third kappa shape index (κ3) is 4.21. The topological polar surface area (TPSA) is 35.2 Å². The Bertz CT molecular complexity index is 307. The summed E-state index contributed by atoms with van der Waals surface area (Å²) >= 11 is 0. The van der Waals surface area contributed by atoms with Crippen LogP contribution in [0.4, 0.5) is 0 Å². The molecule has 0 aromatic heterocycles. The fourth-order valence-electron chi connectivity index (χ4n) is 2.45. The number of benzene rings is 1. The summed E-state index contributed by atoms with van der Waals surface area (Å²) in [5, 5.41) is 0. The highest BCUT2D eigenvalue weighted by Crippen LogP contribution is 2.33. The lowest BCUT2D eigenvalue weighted by Crippen LogP contribution is -3.00. The van der Waals surface area contributed by atoms with Gasteiger partial charge >= 0.3 is 0 Å². The molecule has 0 aliphatic heterocycles. The Kier molecular flexibility index (Phi) is 6.38. The maximum absolute atomic E-state index is 5.47. The SMILES string of the molecule is NCCOc1ccc(C2CCCCC2)cc1.[Cl-]. The van der Waals surface area contributed by atoms with E-state index < -0.39 is 0 Å². The summed E-state index contributed by atoms with van der Waals surface area (Å²) in [4.78, 5) is 0. The first-order valence-corrected chi connectivity index (χ1v) is 6.33. The molecular weight excluding hydrogens is 234 g/mol. The number of hydrogen-bond acceptors (Lipinski definition) is 2. The fourth-order valence-corrected chi connectivity index (χ4v) is 2.45. The third-order valence-electron chi connectivity index (χ3n) is 3.34. The highest BCUT2D eigenvalue weighted by Gasteiger charge is 2.14. The normalized spacial score (nSPS) is 16.3. The zero-order chi connectivity index (χ0) is 11.2. The molecule has 0 heterocycles. The largest absolute Gasteiger partial charge is 1.00 e. The van der Waals surface area contributed by atoms with Gasteiger partial charge in [-0.3, -0.25) is 0 Å². The minimum atomic E-state index is 0. The summed E-state index contributed by atoms with van der Waals surface area (Å²) in [6, 6.07) is 8.56. The average Bonchev–Trinajstić information content (AvgIpc) is 2.38. The van der Waals surface area contributed by atoms with Crippen LogP contribution in [0.5, 0.6) is 5.75 Å². The van der Waals surface area contributed by atoms with Gasteiger partial charge in [0.05, 0.1) is 0 Å². The maximum Gasteiger partial charge on any atom is 0.119 e. The molecule has 0 radical (unpaired) electrons. The summed E-state index contributed by atoms with van der Waals surface area (Å²) < 4.78 is 5.47. The Hall–Kier alpha value is -0.730. The molecule has 1 fully saturated rings. The van der Waals surface area contributed by atoms with Gasteiger partial charge in [0.25, 0.3) is 0 Å². The number of nitrogens with two attached hydrogens (primary N) is 1. The summed E-state index contributed by atoms with van der Waals surface area (Å²) in [5.74, 6) is 1.71. The lowest BCUT2D eigenvalue weighted by Gasteiger charge is -2.22. The second-order valence-corrected chi connectivity index (χ2v) is 4.54. The minimum Gasteiger partial charge on any atom is -1.00 e. The van der Waals surface area contributed by atoms with E-state index in [0.29, 0.717) is 13.2 Å². The number of rotatable bonds is 4. The smallest absolute Gasteiger partial charge is 0.119 e. The van der Waals surface area contributed by atoms with E-state index in [0.717, 1.165) is 11.7 Å². The van der Waals surface area contributed by atoms with E-state index in [1.165, 1.54) is 37.7 Å². The lowest BCUT2D eigenvalue weighted by molar-refractivity contribution is -0.00000381. The molecule has 2 rings (SSSR count). The molecule has 1 aliphatic rings. The quantitative estimate of drug-likeness (QED) is 0.826. The highest BCUT2D eigenvalue weighted by molar-refractivity contribution is 5.29. The first-order valence-electron chi connectivity index (χ1n) is 6.33. The molecule has 96 valence electrons. The van der Waals surface area contributed by atoms with Crippen molar-refractivity contribution in [3.8, 4) is 5.75 Å². The van der Waals surface area contributed by atoms with E-state index in [-0.39, 0.29) is 12.4 Å². The third-order valence-corrected chi connectivity index (χ3v) is 3.34. The van der Waals surface area contributed by atoms with Gasteiger partial charge in [0.2, 0.25) is 0 Å². The van der Waals surface area contributed by atoms with Crippen molar-refractivity contribution in [2.24, 2.45) is 5.73 Å². The van der Waals surface area contributed by atoms with Gasteiger partial charge < -0.3 is 22.9 Å². The van der Waals surface area contributed by atoms with E-state index in [9.17, 15) is 0 Å². The Labute approximate surface area is 110 Å². The number of hydrogen-bond donors (Lipinski definition) is 1. The zero-order valence-electron chi connectivity index (χ0n) is 10.2. The van der Waals surface area contributed by atoms with Gasteiger partial charge in [-0.25, -0.2) is 0 Å². The van der Waals surface area contributed by atoms with Crippen LogP contribution in [0.3, 0.4) is 0 Å². The van der Waals surface area contributed by atoms with Crippen molar-refractivity contribution in [1.29, 1.82) is 0 Å². The van der Waals surface area contributed by atoms with Crippen LogP contribution in [0.25, 0.3) is 0 Å². The van der Waals surface area contributed by atoms with Gasteiger partial charge in [-0.1, -0.05) is 31.4 Å². The molecule has 2 N–H and O–H groups in total. The Balaban J connectivity index is 0.00000144. The van der Waals surface area contributed by atoms with Crippen LogP contribution in [0.15, 0.2) is 24.3 Å². The maximum atomic E-state index is 5.47. The summed E-state index contributed by atoms with van der Waals surface area (Å²) in [6.45, 7) is 1.17. The molecule has 3 heteroatoms. The van der Waals surface area contributed by atoms with Crippen molar-refractivity contribution in [3.05, 3.63) is 29.8 Å². The Morgan fingerprint density at radius 3 is 2.29 bits per heavy atom. The Morgan fingerprint density at radius 2 is 1.71 bits per heavy atom. The van der Waals surface area contributed by atoms with E-state index in [1.54, 1.807) is 0 Å². The first-order chi connectivity index (χ1) is 7.90.